The molecule has 11 aromatic rings. The zero-order chi connectivity index (χ0) is 54.2. The number of aryl methyl sites for hydroxylation is 2. The predicted molar refractivity (Wildman–Crippen MR) is 325 cm³/mol. The molecule has 0 aliphatic heterocycles. The summed E-state index contributed by atoms with van der Waals surface area (Å²) in [4.78, 5) is 6.94. The molecule has 7 nitrogen and oxygen atoms in total. The standard InChI is InChI=1S/C72H61N3O4/c1-50-15-27-64(28-16-50)73(65-29-17-51(2)18-30-65)70-43-71(74(66-31-19-56(20-32-66)60-11-3-7-52(39-60)46-76)67-33-21-57(22-34-67)61-12-4-8-53(40-61)47-77)45-72(44-70)75(68-35-23-58(24-36-68)62-13-5-9-54(41-62)48-78)69-37-25-59(26-38-69)63-14-6-10-55(42-63)49-79/h3-45,76-79H,46-49H2,1-2H3. The van der Waals surface area contributed by atoms with Crippen LogP contribution in [0.4, 0.5) is 51.2 Å². The van der Waals surface area contributed by atoms with Gasteiger partial charge in [-0.25, -0.2) is 0 Å². The normalized spacial score (nSPS) is 11.1. The topological polar surface area (TPSA) is 90.6 Å². The van der Waals surface area contributed by atoms with E-state index in [4.69, 9.17) is 0 Å². The van der Waals surface area contributed by atoms with Crippen LogP contribution in [0, 0.1) is 13.8 Å². The third kappa shape index (κ3) is 11.5. The van der Waals surface area contributed by atoms with Gasteiger partial charge < -0.3 is 35.1 Å². The van der Waals surface area contributed by atoms with E-state index >= 15 is 0 Å². The van der Waals surface area contributed by atoms with Crippen molar-refractivity contribution in [2.45, 2.75) is 40.3 Å². The Balaban J connectivity index is 1.15. The first kappa shape index (κ1) is 51.8. The fourth-order valence-corrected chi connectivity index (χ4v) is 10.3. The molecular formula is C72H61N3O4. The van der Waals surface area contributed by atoms with Gasteiger partial charge in [0.15, 0.2) is 0 Å². The molecule has 0 atom stereocenters. The van der Waals surface area contributed by atoms with Crippen LogP contribution in [0.3, 0.4) is 0 Å². The summed E-state index contributed by atoms with van der Waals surface area (Å²) in [7, 11) is 0. The van der Waals surface area contributed by atoms with Crippen LogP contribution in [0.1, 0.15) is 33.4 Å². The van der Waals surface area contributed by atoms with Crippen molar-refractivity contribution < 1.29 is 20.4 Å². The molecule has 0 bridgehead atoms. The van der Waals surface area contributed by atoms with E-state index in [2.05, 4.69) is 217 Å². The molecule has 0 fully saturated rings. The average Bonchev–Trinajstić information content (AvgIpc) is 3.55. The van der Waals surface area contributed by atoms with E-state index in [0.717, 1.165) is 129 Å². The summed E-state index contributed by atoms with van der Waals surface area (Å²) in [6.07, 6.45) is 0. The Morgan fingerprint density at radius 2 is 0.418 bits per heavy atom. The second kappa shape index (κ2) is 23.5. The van der Waals surface area contributed by atoms with Crippen LogP contribution < -0.4 is 14.7 Å². The van der Waals surface area contributed by atoms with Crippen LogP contribution in [-0.2, 0) is 26.4 Å². The van der Waals surface area contributed by atoms with Crippen LogP contribution in [0.15, 0.2) is 261 Å². The number of nitrogens with zero attached hydrogens (tertiary/aromatic N) is 3. The first-order chi connectivity index (χ1) is 38.7. The lowest BCUT2D eigenvalue weighted by atomic mass is 10.0. The lowest BCUT2D eigenvalue weighted by molar-refractivity contribution is 0.281. The van der Waals surface area contributed by atoms with Gasteiger partial charge in [-0.15, -0.1) is 0 Å². The van der Waals surface area contributed by atoms with Crippen molar-refractivity contribution in [3.63, 3.8) is 0 Å². The number of aliphatic hydroxyl groups is 4. The quantitative estimate of drug-likeness (QED) is 0.0722. The maximum atomic E-state index is 10.0. The summed E-state index contributed by atoms with van der Waals surface area (Å²) in [5.74, 6) is 0. The molecule has 0 amide bonds. The minimum Gasteiger partial charge on any atom is -0.392 e. The maximum absolute atomic E-state index is 10.0. The van der Waals surface area contributed by atoms with E-state index in [1.807, 2.05) is 72.8 Å². The van der Waals surface area contributed by atoms with E-state index in [0.29, 0.717) is 0 Å². The number of rotatable bonds is 17. The number of anilines is 9. The Morgan fingerprint density at radius 1 is 0.215 bits per heavy atom. The number of hydrogen-bond acceptors (Lipinski definition) is 7. The highest BCUT2D eigenvalue weighted by atomic mass is 16.3. The first-order valence-corrected chi connectivity index (χ1v) is 26.6. The van der Waals surface area contributed by atoms with Crippen molar-refractivity contribution in [3.8, 4) is 44.5 Å². The van der Waals surface area contributed by atoms with Gasteiger partial charge in [0.2, 0.25) is 0 Å². The van der Waals surface area contributed by atoms with E-state index in [1.165, 1.54) is 0 Å². The van der Waals surface area contributed by atoms with Gasteiger partial charge in [-0.05, 0) is 196 Å². The van der Waals surface area contributed by atoms with Crippen molar-refractivity contribution >= 4 is 51.2 Å². The van der Waals surface area contributed by atoms with Crippen molar-refractivity contribution in [2.24, 2.45) is 0 Å². The highest BCUT2D eigenvalue weighted by Gasteiger charge is 2.23. The Labute approximate surface area is 463 Å². The third-order valence-electron chi connectivity index (χ3n) is 14.5. The molecule has 79 heavy (non-hydrogen) atoms. The molecule has 388 valence electrons. The number of hydrogen-bond donors (Lipinski definition) is 4. The molecule has 0 aliphatic carbocycles. The van der Waals surface area contributed by atoms with E-state index < -0.39 is 0 Å². The molecule has 7 heteroatoms. The van der Waals surface area contributed by atoms with Gasteiger partial charge in [0, 0.05) is 34.1 Å². The molecular weight excluding hydrogens is 971 g/mol. The molecule has 0 aliphatic rings. The number of benzene rings is 11. The summed E-state index contributed by atoms with van der Waals surface area (Å²) >= 11 is 0. The summed E-state index contributed by atoms with van der Waals surface area (Å²) in [6.45, 7) is 4.07. The minimum absolute atomic E-state index is 0.0385. The molecule has 0 saturated carbocycles. The van der Waals surface area contributed by atoms with E-state index in [1.54, 1.807) is 0 Å². The summed E-state index contributed by atoms with van der Waals surface area (Å²) in [5, 5.41) is 40.2. The Kier molecular flexibility index (Phi) is 15.4. The monoisotopic (exact) mass is 1030 g/mol. The predicted octanol–water partition coefficient (Wildman–Crippen LogP) is 17.4. The average molecular weight is 1030 g/mol. The molecule has 0 unspecified atom stereocenters. The fraction of sp³-hybridized carbons (Fsp3) is 0.0833. The SMILES string of the molecule is Cc1ccc(N(c2ccc(C)cc2)c2cc(N(c3ccc(-c4cccc(CO)c4)cc3)c3ccc(-c4cccc(CO)c4)cc3)cc(N(c3ccc(-c4cccc(CO)c4)cc3)c3ccc(-c4cccc(CO)c4)cc3)c2)cc1. The Morgan fingerprint density at radius 3 is 0.620 bits per heavy atom. The zero-order valence-electron chi connectivity index (χ0n) is 44.3. The molecule has 0 heterocycles. The van der Waals surface area contributed by atoms with Gasteiger partial charge in [0.25, 0.3) is 0 Å². The molecule has 4 N–H and O–H groups in total. The number of aliphatic hydroxyl groups excluding tert-OH is 4. The third-order valence-corrected chi connectivity index (χ3v) is 14.5. The first-order valence-electron chi connectivity index (χ1n) is 26.6. The van der Waals surface area contributed by atoms with Crippen LogP contribution in [0.5, 0.6) is 0 Å². The van der Waals surface area contributed by atoms with Crippen LogP contribution in [0.2, 0.25) is 0 Å². The molecule has 0 aromatic heterocycles. The van der Waals surface area contributed by atoms with Crippen LogP contribution in [0.25, 0.3) is 44.5 Å². The molecule has 11 rings (SSSR count). The van der Waals surface area contributed by atoms with Crippen molar-refractivity contribution in [1.82, 2.24) is 0 Å². The van der Waals surface area contributed by atoms with Gasteiger partial charge in [0.05, 0.1) is 43.5 Å². The summed E-state index contributed by atoms with van der Waals surface area (Å²) in [6, 6.07) is 90.7. The fourth-order valence-electron chi connectivity index (χ4n) is 10.3. The van der Waals surface area contributed by atoms with Crippen molar-refractivity contribution in [1.29, 1.82) is 0 Å². The lowest BCUT2D eigenvalue weighted by Crippen LogP contribution is -2.16. The highest BCUT2D eigenvalue weighted by Crippen LogP contribution is 2.47. The maximum Gasteiger partial charge on any atom is 0.0682 e. The smallest absolute Gasteiger partial charge is 0.0682 e. The van der Waals surface area contributed by atoms with Gasteiger partial charge in [-0.3, -0.25) is 0 Å². The van der Waals surface area contributed by atoms with Gasteiger partial charge in [-0.1, -0.05) is 157 Å². The van der Waals surface area contributed by atoms with E-state index in [-0.39, 0.29) is 26.4 Å². The lowest BCUT2D eigenvalue weighted by Gasteiger charge is -2.33. The Bertz CT molecular complexity index is 3410. The van der Waals surface area contributed by atoms with Crippen molar-refractivity contribution in [3.05, 3.63) is 294 Å². The summed E-state index contributed by atoms with van der Waals surface area (Å²) in [5.41, 5.74) is 22.4. The second-order valence-corrected chi connectivity index (χ2v) is 20.0. The van der Waals surface area contributed by atoms with Gasteiger partial charge in [-0.2, -0.15) is 0 Å². The molecule has 0 radical (unpaired) electrons. The minimum atomic E-state index is -0.0385. The highest BCUT2D eigenvalue weighted by molar-refractivity contribution is 5.91. The van der Waals surface area contributed by atoms with E-state index in [9.17, 15) is 20.4 Å². The molecule has 0 spiro atoms. The largest absolute Gasteiger partial charge is 0.392 e. The van der Waals surface area contributed by atoms with Crippen molar-refractivity contribution in [2.75, 3.05) is 14.7 Å². The van der Waals surface area contributed by atoms with Crippen LogP contribution in [-0.4, -0.2) is 20.4 Å². The van der Waals surface area contributed by atoms with Gasteiger partial charge >= 0.3 is 0 Å². The van der Waals surface area contributed by atoms with Crippen LogP contribution >= 0.6 is 0 Å². The summed E-state index contributed by atoms with van der Waals surface area (Å²) < 4.78 is 0. The second-order valence-electron chi connectivity index (χ2n) is 20.0. The molecule has 11 aromatic carbocycles. The Hall–Kier alpha value is -9.34. The van der Waals surface area contributed by atoms with Gasteiger partial charge in [0.1, 0.15) is 0 Å². The molecule has 0 saturated heterocycles. The zero-order valence-corrected chi connectivity index (χ0v) is 44.3.